The van der Waals surface area contributed by atoms with Gasteiger partial charge >= 0.3 is 6.18 Å². The summed E-state index contributed by atoms with van der Waals surface area (Å²) in [5.41, 5.74) is 5.70. The number of rotatable bonds is 3. The van der Waals surface area contributed by atoms with E-state index >= 15 is 0 Å². The van der Waals surface area contributed by atoms with Crippen LogP contribution in [-0.4, -0.2) is 26.0 Å². The van der Waals surface area contributed by atoms with E-state index in [0.29, 0.717) is 18.5 Å². The largest absolute Gasteiger partial charge is 0.416 e. The van der Waals surface area contributed by atoms with E-state index in [1.54, 1.807) is 19.0 Å². The Morgan fingerprint density at radius 1 is 1.32 bits per heavy atom. The van der Waals surface area contributed by atoms with Crippen LogP contribution < -0.4 is 16.0 Å². The predicted octanol–water partition coefficient (Wildman–Crippen LogP) is 2.84. The van der Waals surface area contributed by atoms with Crippen molar-refractivity contribution in [3.63, 3.8) is 0 Å². The summed E-state index contributed by atoms with van der Waals surface area (Å²) in [6.07, 6.45) is -2.44. The molecule has 1 aromatic rings. The number of alkyl halides is 3. The lowest BCUT2D eigenvalue weighted by Gasteiger charge is -2.21. The summed E-state index contributed by atoms with van der Waals surface area (Å²) in [6, 6.07) is 3.34. The SMILES string of the molecule is CN(C)c1ccc(C(F)(F)F)cc1NC(=O)C1CCC(N)C1. The number of amides is 1. The molecule has 22 heavy (non-hydrogen) atoms. The van der Waals surface area contributed by atoms with Gasteiger partial charge in [0.25, 0.3) is 0 Å². The van der Waals surface area contributed by atoms with Crippen LogP contribution in [0.15, 0.2) is 18.2 Å². The van der Waals surface area contributed by atoms with E-state index in [1.807, 2.05) is 0 Å². The first kappa shape index (κ1) is 16.6. The molecule has 1 fully saturated rings. The number of benzene rings is 1. The molecule has 2 atom stereocenters. The summed E-state index contributed by atoms with van der Waals surface area (Å²) in [7, 11) is 3.42. The molecule has 0 heterocycles. The predicted molar refractivity (Wildman–Crippen MR) is 79.7 cm³/mol. The molecule has 1 aliphatic rings. The highest BCUT2D eigenvalue weighted by Crippen LogP contribution is 2.35. The highest BCUT2D eigenvalue weighted by atomic mass is 19.4. The van der Waals surface area contributed by atoms with Crippen LogP contribution >= 0.6 is 0 Å². The Hall–Kier alpha value is -1.76. The van der Waals surface area contributed by atoms with E-state index < -0.39 is 11.7 Å². The number of nitrogens with one attached hydrogen (secondary N) is 1. The molecule has 1 aromatic carbocycles. The maximum atomic E-state index is 12.8. The van der Waals surface area contributed by atoms with Crippen molar-refractivity contribution < 1.29 is 18.0 Å². The molecular weight excluding hydrogens is 295 g/mol. The van der Waals surface area contributed by atoms with Crippen molar-refractivity contribution >= 4 is 17.3 Å². The molecule has 2 rings (SSSR count). The lowest BCUT2D eigenvalue weighted by atomic mass is 10.1. The minimum Gasteiger partial charge on any atom is -0.376 e. The van der Waals surface area contributed by atoms with Crippen LogP contribution in [0.25, 0.3) is 0 Å². The van der Waals surface area contributed by atoms with Crippen LogP contribution in [0.4, 0.5) is 24.5 Å². The van der Waals surface area contributed by atoms with Crippen molar-refractivity contribution in [1.82, 2.24) is 0 Å². The van der Waals surface area contributed by atoms with E-state index in [9.17, 15) is 18.0 Å². The van der Waals surface area contributed by atoms with E-state index in [2.05, 4.69) is 5.32 Å². The molecule has 1 amide bonds. The van der Waals surface area contributed by atoms with Gasteiger partial charge in [0, 0.05) is 26.1 Å². The minimum atomic E-state index is -4.44. The van der Waals surface area contributed by atoms with Crippen LogP contribution in [0.2, 0.25) is 0 Å². The van der Waals surface area contributed by atoms with Gasteiger partial charge in [0.2, 0.25) is 5.91 Å². The van der Waals surface area contributed by atoms with Gasteiger partial charge in [-0.2, -0.15) is 13.2 Å². The molecule has 1 aliphatic carbocycles. The fraction of sp³-hybridized carbons (Fsp3) is 0.533. The van der Waals surface area contributed by atoms with E-state index in [1.165, 1.54) is 6.07 Å². The van der Waals surface area contributed by atoms with Gasteiger partial charge in [-0.25, -0.2) is 0 Å². The van der Waals surface area contributed by atoms with Crippen molar-refractivity contribution in [2.24, 2.45) is 11.7 Å². The second kappa shape index (κ2) is 6.16. The normalized spacial score (nSPS) is 21.7. The quantitative estimate of drug-likeness (QED) is 0.902. The van der Waals surface area contributed by atoms with Crippen LogP contribution in [0.1, 0.15) is 24.8 Å². The van der Waals surface area contributed by atoms with Crippen LogP contribution in [0.5, 0.6) is 0 Å². The highest BCUT2D eigenvalue weighted by molar-refractivity contribution is 5.96. The average Bonchev–Trinajstić information content (AvgIpc) is 2.84. The molecule has 1 saturated carbocycles. The monoisotopic (exact) mass is 315 g/mol. The fourth-order valence-electron chi connectivity index (χ4n) is 2.69. The van der Waals surface area contributed by atoms with Crippen molar-refractivity contribution in [2.75, 3.05) is 24.3 Å². The standard InChI is InChI=1S/C15H20F3N3O/c1-21(2)13-6-4-10(15(16,17)18)8-12(13)20-14(22)9-3-5-11(19)7-9/h4,6,8-9,11H,3,5,7,19H2,1-2H3,(H,20,22). The van der Waals surface area contributed by atoms with Crippen molar-refractivity contribution in [2.45, 2.75) is 31.5 Å². The topological polar surface area (TPSA) is 58.4 Å². The Kier molecular flexibility index (Phi) is 4.65. The maximum Gasteiger partial charge on any atom is 0.416 e. The Balaban J connectivity index is 2.25. The highest BCUT2D eigenvalue weighted by Gasteiger charge is 2.32. The van der Waals surface area contributed by atoms with Gasteiger partial charge in [-0.15, -0.1) is 0 Å². The zero-order valence-corrected chi connectivity index (χ0v) is 12.6. The van der Waals surface area contributed by atoms with E-state index in [4.69, 9.17) is 5.73 Å². The molecule has 7 heteroatoms. The maximum absolute atomic E-state index is 12.8. The molecule has 3 N–H and O–H groups in total. The number of carbonyl (C=O) groups is 1. The average molecular weight is 315 g/mol. The summed E-state index contributed by atoms with van der Waals surface area (Å²) in [6.45, 7) is 0. The van der Waals surface area contributed by atoms with Crippen LogP contribution in [0, 0.1) is 5.92 Å². The number of nitrogens with two attached hydrogens (primary N) is 1. The third-order valence-corrected chi connectivity index (χ3v) is 3.91. The molecular formula is C15H20F3N3O. The molecule has 4 nitrogen and oxygen atoms in total. The van der Waals surface area contributed by atoms with Gasteiger partial charge in [0.1, 0.15) is 0 Å². The fourth-order valence-corrected chi connectivity index (χ4v) is 2.69. The number of carbonyl (C=O) groups excluding carboxylic acids is 1. The summed E-state index contributed by atoms with van der Waals surface area (Å²) >= 11 is 0. The summed E-state index contributed by atoms with van der Waals surface area (Å²) in [5, 5.41) is 2.63. The number of hydrogen-bond donors (Lipinski definition) is 2. The van der Waals surface area contributed by atoms with Crippen LogP contribution in [0.3, 0.4) is 0 Å². The van der Waals surface area contributed by atoms with Gasteiger partial charge in [-0.05, 0) is 37.5 Å². The Morgan fingerprint density at radius 3 is 2.50 bits per heavy atom. The molecule has 0 spiro atoms. The van der Waals surface area contributed by atoms with Gasteiger partial charge in [0.15, 0.2) is 0 Å². The first-order valence-electron chi connectivity index (χ1n) is 7.13. The number of anilines is 2. The lowest BCUT2D eigenvalue weighted by molar-refractivity contribution is -0.137. The van der Waals surface area contributed by atoms with Gasteiger partial charge in [-0.1, -0.05) is 0 Å². The summed E-state index contributed by atoms with van der Waals surface area (Å²) < 4.78 is 38.5. The molecule has 0 radical (unpaired) electrons. The van der Waals surface area contributed by atoms with E-state index in [-0.39, 0.29) is 23.6 Å². The smallest absolute Gasteiger partial charge is 0.376 e. The Morgan fingerprint density at radius 2 is 2.00 bits per heavy atom. The minimum absolute atomic E-state index is 0.00872. The molecule has 2 unspecified atom stereocenters. The second-order valence-electron chi connectivity index (χ2n) is 5.88. The molecule has 122 valence electrons. The van der Waals surface area contributed by atoms with Crippen molar-refractivity contribution in [1.29, 1.82) is 0 Å². The Bertz CT molecular complexity index is 557. The first-order chi connectivity index (χ1) is 10.2. The zero-order valence-electron chi connectivity index (χ0n) is 12.6. The number of hydrogen-bond acceptors (Lipinski definition) is 3. The molecule has 0 bridgehead atoms. The van der Waals surface area contributed by atoms with Gasteiger partial charge in [-0.3, -0.25) is 4.79 Å². The summed E-state index contributed by atoms with van der Waals surface area (Å²) in [4.78, 5) is 13.9. The van der Waals surface area contributed by atoms with Crippen molar-refractivity contribution in [3.8, 4) is 0 Å². The van der Waals surface area contributed by atoms with Gasteiger partial charge in [0.05, 0.1) is 16.9 Å². The van der Waals surface area contributed by atoms with E-state index in [0.717, 1.165) is 18.6 Å². The zero-order chi connectivity index (χ0) is 16.5. The number of halogens is 3. The summed E-state index contributed by atoms with van der Waals surface area (Å²) in [5.74, 6) is -0.505. The first-order valence-corrected chi connectivity index (χ1v) is 7.13. The van der Waals surface area contributed by atoms with Crippen LogP contribution in [-0.2, 0) is 11.0 Å². The van der Waals surface area contributed by atoms with Gasteiger partial charge < -0.3 is 16.0 Å². The third-order valence-electron chi connectivity index (χ3n) is 3.91. The third kappa shape index (κ3) is 3.71. The number of nitrogens with zero attached hydrogens (tertiary/aromatic N) is 1. The Labute approximate surface area is 127 Å². The molecule has 0 saturated heterocycles. The molecule has 0 aromatic heterocycles. The lowest BCUT2D eigenvalue weighted by Crippen LogP contribution is -2.24. The second-order valence-corrected chi connectivity index (χ2v) is 5.88. The van der Waals surface area contributed by atoms with Crippen molar-refractivity contribution in [3.05, 3.63) is 23.8 Å². The molecule has 0 aliphatic heterocycles.